The fourth-order valence-electron chi connectivity index (χ4n) is 1.68. The molecule has 0 fully saturated rings. The van der Waals surface area contributed by atoms with E-state index in [-0.39, 0.29) is 22.2 Å². The molecule has 0 aliphatic carbocycles. The first-order chi connectivity index (χ1) is 9.71. The summed E-state index contributed by atoms with van der Waals surface area (Å²) in [5, 5.41) is 0.253. The number of sulfonamides is 1. The van der Waals surface area contributed by atoms with Crippen LogP contribution in [0.1, 0.15) is 5.76 Å². The summed E-state index contributed by atoms with van der Waals surface area (Å²) in [6, 6.07) is 6.22. The van der Waals surface area contributed by atoms with Gasteiger partial charge in [-0.2, -0.15) is 4.31 Å². The first-order valence-corrected chi connectivity index (χ1v) is 9.07. The van der Waals surface area contributed by atoms with Crippen LogP contribution in [-0.2, 0) is 16.6 Å². The summed E-state index contributed by atoms with van der Waals surface area (Å²) in [6.07, 6.45) is 0. The monoisotopic (exact) mass is 456 g/mol. The molecule has 0 saturated carbocycles. The van der Waals surface area contributed by atoms with Gasteiger partial charge in [-0.3, -0.25) is 0 Å². The van der Waals surface area contributed by atoms with Crippen molar-refractivity contribution in [1.82, 2.24) is 4.31 Å². The summed E-state index contributed by atoms with van der Waals surface area (Å²) < 4.78 is 32.5. The Morgan fingerprint density at radius 1 is 1.33 bits per heavy atom. The Bertz CT molecular complexity index is 777. The van der Waals surface area contributed by atoms with Crippen LogP contribution in [0.3, 0.4) is 0 Å². The van der Waals surface area contributed by atoms with Gasteiger partial charge >= 0.3 is 0 Å². The molecular weight excluding hydrogens is 447 g/mol. The van der Waals surface area contributed by atoms with Gasteiger partial charge in [0.2, 0.25) is 10.0 Å². The van der Waals surface area contributed by atoms with Crippen LogP contribution in [0, 0.1) is 0 Å². The SMILES string of the molecule is CN(Cc1ccc(Br)o1)S(=O)(=O)c1cc(Cl)cc(N)c1Br. The number of anilines is 1. The lowest BCUT2D eigenvalue weighted by molar-refractivity contribution is 0.398. The van der Waals surface area contributed by atoms with Gasteiger partial charge in [-0.15, -0.1) is 0 Å². The first kappa shape index (κ1) is 16.8. The van der Waals surface area contributed by atoms with Crippen LogP contribution in [0.25, 0.3) is 0 Å². The molecule has 0 amide bonds. The largest absolute Gasteiger partial charge is 0.453 e. The number of hydrogen-bond donors (Lipinski definition) is 1. The average Bonchev–Trinajstić information content (AvgIpc) is 2.79. The first-order valence-electron chi connectivity index (χ1n) is 5.67. The molecule has 0 atom stereocenters. The minimum Gasteiger partial charge on any atom is -0.453 e. The number of hydrogen-bond acceptors (Lipinski definition) is 4. The molecule has 21 heavy (non-hydrogen) atoms. The van der Waals surface area contributed by atoms with Crippen molar-refractivity contribution in [3.63, 3.8) is 0 Å². The van der Waals surface area contributed by atoms with Crippen LogP contribution in [0.5, 0.6) is 0 Å². The quantitative estimate of drug-likeness (QED) is 0.706. The van der Waals surface area contributed by atoms with Gasteiger partial charge in [0.05, 0.1) is 15.9 Å². The molecule has 2 aromatic rings. The van der Waals surface area contributed by atoms with Crippen LogP contribution in [-0.4, -0.2) is 19.8 Å². The molecule has 1 aromatic heterocycles. The Morgan fingerprint density at radius 3 is 2.57 bits per heavy atom. The summed E-state index contributed by atoms with van der Waals surface area (Å²) in [7, 11) is -2.30. The van der Waals surface area contributed by atoms with Crippen molar-refractivity contribution < 1.29 is 12.8 Å². The Hall–Kier alpha value is -0.540. The standard InChI is InChI=1S/C12H11Br2ClN2O3S/c1-17(6-8-2-3-11(13)20-8)21(18,19)10-5-7(15)4-9(16)12(10)14/h2-5H,6,16H2,1H3. The minimum atomic E-state index is -3.76. The zero-order valence-corrected chi connectivity index (χ0v) is 15.6. The molecule has 2 rings (SSSR count). The van der Waals surface area contributed by atoms with Crippen LogP contribution in [0.4, 0.5) is 5.69 Å². The summed E-state index contributed by atoms with van der Waals surface area (Å²) in [5.41, 5.74) is 5.99. The molecule has 0 spiro atoms. The van der Waals surface area contributed by atoms with Crippen molar-refractivity contribution in [2.75, 3.05) is 12.8 Å². The zero-order chi connectivity index (χ0) is 15.8. The van der Waals surface area contributed by atoms with E-state index in [0.29, 0.717) is 14.9 Å². The third-order valence-electron chi connectivity index (χ3n) is 2.73. The van der Waals surface area contributed by atoms with Crippen molar-refractivity contribution >= 4 is 59.2 Å². The van der Waals surface area contributed by atoms with E-state index in [1.165, 1.54) is 19.2 Å². The maximum atomic E-state index is 12.6. The molecule has 0 bridgehead atoms. The van der Waals surface area contributed by atoms with Gasteiger partial charge in [0, 0.05) is 17.8 Å². The predicted octanol–water partition coefficient (Wildman–Crippen LogP) is 3.86. The molecule has 1 aromatic carbocycles. The number of benzene rings is 1. The van der Waals surface area contributed by atoms with E-state index in [9.17, 15) is 8.42 Å². The number of nitrogens with two attached hydrogens (primary N) is 1. The van der Waals surface area contributed by atoms with E-state index < -0.39 is 10.0 Å². The second kappa shape index (κ2) is 6.29. The molecule has 5 nitrogen and oxygen atoms in total. The van der Waals surface area contributed by atoms with Gasteiger partial charge in [0.25, 0.3) is 0 Å². The molecule has 0 saturated heterocycles. The molecule has 9 heteroatoms. The smallest absolute Gasteiger partial charge is 0.244 e. The summed E-state index contributed by atoms with van der Waals surface area (Å²) >= 11 is 12.2. The maximum absolute atomic E-state index is 12.6. The minimum absolute atomic E-state index is 0.0145. The fourth-order valence-corrected chi connectivity index (χ4v) is 4.41. The zero-order valence-electron chi connectivity index (χ0n) is 10.8. The van der Waals surface area contributed by atoms with Crippen molar-refractivity contribution in [3.05, 3.63) is 44.2 Å². The van der Waals surface area contributed by atoms with Gasteiger partial charge in [-0.05, 0) is 56.1 Å². The summed E-state index contributed by atoms with van der Waals surface area (Å²) in [6.45, 7) is 0.0901. The highest BCUT2D eigenvalue weighted by Crippen LogP contribution is 2.33. The Kier molecular flexibility index (Phi) is 5.04. The number of furan rings is 1. The molecule has 0 radical (unpaired) electrons. The predicted molar refractivity (Wildman–Crippen MR) is 88.6 cm³/mol. The van der Waals surface area contributed by atoms with Crippen LogP contribution in [0.2, 0.25) is 5.02 Å². The molecule has 0 aliphatic heterocycles. The van der Waals surface area contributed by atoms with Crippen LogP contribution < -0.4 is 5.73 Å². The molecule has 2 N–H and O–H groups in total. The van der Waals surface area contributed by atoms with Crippen molar-refractivity contribution in [3.8, 4) is 0 Å². The highest BCUT2D eigenvalue weighted by molar-refractivity contribution is 9.10. The van der Waals surface area contributed by atoms with Crippen LogP contribution in [0.15, 0.2) is 42.7 Å². The van der Waals surface area contributed by atoms with Gasteiger partial charge in [-0.1, -0.05) is 11.6 Å². The van der Waals surface area contributed by atoms with Gasteiger partial charge in [-0.25, -0.2) is 8.42 Å². The van der Waals surface area contributed by atoms with Gasteiger partial charge in [0.1, 0.15) is 5.76 Å². The average molecular weight is 459 g/mol. The molecule has 114 valence electrons. The second-order valence-corrected chi connectivity index (χ2v) is 8.30. The topological polar surface area (TPSA) is 76.5 Å². The van der Waals surface area contributed by atoms with E-state index in [2.05, 4.69) is 31.9 Å². The normalized spacial score (nSPS) is 12.0. The summed E-state index contributed by atoms with van der Waals surface area (Å²) in [4.78, 5) is 0.0145. The third kappa shape index (κ3) is 3.62. The molecular formula is C12H11Br2ClN2O3S. The highest BCUT2D eigenvalue weighted by atomic mass is 79.9. The van der Waals surface area contributed by atoms with E-state index in [1.807, 2.05) is 0 Å². The summed E-state index contributed by atoms with van der Waals surface area (Å²) in [5.74, 6) is 0.513. The Balaban J connectivity index is 2.37. The highest BCUT2D eigenvalue weighted by Gasteiger charge is 2.26. The lowest BCUT2D eigenvalue weighted by Crippen LogP contribution is -2.26. The Labute approximate surface area is 144 Å². The maximum Gasteiger partial charge on any atom is 0.244 e. The third-order valence-corrected chi connectivity index (χ3v) is 6.35. The van der Waals surface area contributed by atoms with Gasteiger partial charge < -0.3 is 10.2 Å². The van der Waals surface area contributed by atoms with Gasteiger partial charge in [0.15, 0.2) is 4.67 Å². The molecule has 0 aliphatic rings. The fraction of sp³-hybridized carbons (Fsp3) is 0.167. The molecule has 0 unspecified atom stereocenters. The number of halogens is 3. The van der Waals surface area contributed by atoms with Crippen molar-refractivity contribution in [1.29, 1.82) is 0 Å². The van der Waals surface area contributed by atoms with Crippen molar-refractivity contribution in [2.24, 2.45) is 0 Å². The van der Waals surface area contributed by atoms with Crippen molar-refractivity contribution in [2.45, 2.75) is 11.4 Å². The van der Waals surface area contributed by atoms with E-state index in [0.717, 1.165) is 4.31 Å². The van der Waals surface area contributed by atoms with E-state index >= 15 is 0 Å². The lowest BCUT2D eigenvalue weighted by Gasteiger charge is -2.18. The van der Waals surface area contributed by atoms with E-state index in [4.69, 9.17) is 21.8 Å². The number of nitrogens with zero attached hydrogens (tertiary/aromatic N) is 1. The second-order valence-electron chi connectivity index (χ2n) is 4.27. The number of rotatable bonds is 4. The Morgan fingerprint density at radius 2 is 2.00 bits per heavy atom. The van der Waals surface area contributed by atoms with E-state index in [1.54, 1.807) is 12.1 Å². The number of nitrogen functional groups attached to an aromatic ring is 1. The molecule has 1 heterocycles. The lowest BCUT2D eigenvalue weighted by atomic mass is 10.3. The van der Waals surface area contributed by atoms with Crippen LogP contribution >= 0.6 is 43.5 Å².